The smallest absolute Gasteiger partial charge is 0.410 e. The lowest BCUT2D eigenvalue weighted by Crippen LogP contribution is -2.44. The number of piperidine rings is 1. The average Bonchev–Trinajstić information content (AvgIpc) is 2.42. The van der Waals surface area contributed by atoms with E-state index in [0.717, 1.165) is 0 Å². The van der Waals surface area contributed by atoms with Crippen LogP contribution >= 0.6 is 11.6 Å². The van der Waals surface area contributed by atoms with E-state index in [0.29, 0.717) is 31.7 Å². The normalized spacial score (nSPS) is 16.5. The van der Waals surface area contributed by atoms with Crippen molar-refractivity contribution >= 4 is 17.7 Å². The molecule has 1 aliphatic rings. The summed E-state index contributed by atoms with van der Waals surface area (Å²) in [5.41, 5.74) is -0.503. The number of likely N-dealkylation sites (tertiary alicyclic amines) is 1. The Morgan fingerprint density at radius 3 is 2.59 bits per heavy atom. The van der Waals surface area contributed by atoms with Crippen LogP contribution in [0, 0.1) is 5.82 Å². The number of halogens is 2. The summed E-state index contributed by atoms with van der Waals surface area (Å²) in [5.74, 6) is -0.261. The molecule has 0 N–H and O–H groups in total. The van der Waals surface area contributed by atoms with Crippen molar-refractivity contribution in [2.45, 2.75) is 45.3 Å². The SMILES string of the molecule is CC(C)(C)OC(=O)N1CCC(Oc2cnc(Cl)c(F)c2)CC1. The van der Waals surface area contributed by atoms with Crippen molar-refractivity contribution in [3.8, 4) is 5.75 Å². The summed E-state index contributed by atoms with van der Waals surface area (Å²) < 4.78 is 24.3. The van der Waals surface area contributed by atoms with Crippen molar-refractivity contribution in [3.05, 3.63) is 23.2 Å². The first kappa shape index (κ1) is 16.8. The van der Waals surface area contributed by atoms with Crippen LogP contribution in [0.3, 0.4) is 0 Å². The van der Waals surface area contributed by atoms with Gasteiger partial charge in [-0.3, -0.25) is 0 Å². The van der Waals surface area contributed by atoms with Crippen LogP contribution in [-0.4, -0.2) is 40.8 Å². The molecule has 1 aromatic heterocycles. The first-order valence-corrected chi connectivity index (χ1v) is 7.58. The molecule has 5 nitrogen and oxygen atoms in total. The second-order valence-electron chi connectivity index (χ2n) is 6.23. The minimum Gasteiger partial charge on any atom is -0.489 e. The molecule has 0 atom stereocenters. The third-order valence-corrected chi connectivity index (χ3v) is 3.45. The number of amides is 1. The number of hydrogen-bond acceptors (Lipinski definition) is 4. The van der Waals surface area contributed by atoms with Crippen LogP contribution in [0.1, 0.15) is 33.6 Å². The van der Waals surface area contributed by atoms with E-state index in [4.69, 9.17) is 21.1 Å². The molecular formula is C15H20ClFN2O3. The standard InChI is InChI=1S/C15H20ClFN2O3/c1-15(2,3)22-14(20)19-6-4-10(5-7-19)21-11-8-12(17)13(16)18-9-11/h8-10H,4-7H2,1-3H3. The zero-order valence-corrected chi connectivity index (χ0v) is 13.7. The molecule has 0 aliphatic carbocycles. The number of carbonyl (C=O) groups excluding carboxylic acids is 1. The van der Waals surface area contributed by atoms with Gasteiger partial charge >= 0.3 is 6.09 Å². The molecule has 2 heterocycles. The Bertz CT molecular complexity index is 540. The van der Waals surface area contributed by atoms with Gasteiger partial charge in [0.05, 0.1) is 6.20 Å². The van der Waals surface area contributed by atoms with E-state index in [2.05, 4.69) is 4.98 Å². The van der Waals surface area contributed by atoms with Gasteiger partial charge in [-0.1, -0.05) is 11.6 Å². The summed E-state index contributed by atoms with van der Waals surface area (Å²) in [4.78, 5) is 17.3. The van der Waals surface area contributed by atoms with E-state index in [1.807, 2.05) is 20.8 Å². The first-order valence-electron chi connectivity index (χ1n) is 7.20. The lowest BCUT2D eigenvalue weighted by atomic mass is 10.1. The molecule has 2 rings (SSSR count). The maximum absolute atomic E-state index is 13.3. The molecule has 1 amide bonds. The largest absolute Gasteiger partial charge is 0.489 e. The first-order chi connectivity index (χ1) is 10.2. The van der Waals surface area contributed by atoms with Crippen LogP contribution in [-0.2, 0) is 4.74 Å². The minimum atomic E-state index is -0.606. The fraction of sp³-hybridized carbons (Fsp3) is 0.600. The lowest BCUT2D eigenvalue weighted by molar-refractivity contribution is 0.0126. The molecule has 1 fully saturated rings. The van der Waals surface area contributed by atoms with Gasteiger partial charge < -0.3 is 14.4 Å². The number of nitrogens with zero attached hydrogens (tertiary/aromatic N) is 2. The monoisotopic (exact) mass is 330 g/mol. The van der Waals surface area contributed by atoms with E-state index in [1.54, 1.807) is 4.90 Å². The molecule has 0 aromatic carbocycles. The van der Waals surface area contributed by atoms with Gasteiger partial charge in [0.2, 0.25) is 0 Å². The summed E-state index contributed by atoms with van der Waals surface area (Å²) in [7, 11) is 0. The van der Waals surface area contributed by atoms with Crippen molar-refractivity contribution in [2.24, 2.45) is 0 Å². The molecule has 7 heteroatoms. The van der Waals surface area contributed by atoms with Crippen LogP contribution in [0.5, 0.6) is 5.75 Å². The predicted molar refractivity (Wildman–Crippen MR) is 80.7 cm³/mol. The van der Waals surface area contributed by atoms with Gasteiger partial charge in [-0.2, -0.15) is 0 Å². The molecule has 0 saturated carbocycles. The molecule has 1 saturated heterocycles. The van der Waals surface area contributed by atoms with Gasteiger partial charge in [-0.15, -0.1) is 0 Å². The molecular weight excluding hydrogens is 311 g/mol. The van der Waals surface area contributed by atoms with Crippen molar-refractivity contribution in [2.75, 3.05) is 13.1 Å². The maximum Gasteiger partial charge on any atom is 0.410 e. The number of pyridine rings is 1. The summed E-state index contributed by atoms with van der Waals surface area (Å²) in [6, 6.07) is 1.22. The molecule has 0 spiro atoms. The Morgan fingerprint density at radius 2 is 2.05 bits per heavy atom. The molecule has 0 bridgehead atoms. The molecule has 0 radical (unpaired) electrons. The Kier molecular flexibility index (Phi) is 5.11. The van der Waals surface area contributed by atoms with Gasteiger partial charge in [-0.05, 0) is 20.8 Å². The second kappa shape index (κ2) is 6.69. The summed E-state index contributed by atoms with van der Waals surface area (Å²) in [6.45, 7) is 6.60. The van der Waals surface area contributed by atoms with Crippen molar-refractivity contribution in [3.63, 3.8) is 0 Å². The van der Waals surface area contributed by atoms with Gasteiger partial charge in [0.15, 0.2) is 11.0 Å². The maximum atomic E-state index is 13.3. The molecule has 1 aromatic rings. The Hall–Kier alpha value is -1.56. The van der Waals surface area contributed by atoms with Crippen LogP contribution in [0.15, 0.2) is 12.3 Å². The van der Waals surface area contributed by atoms with E-state index >= 15 is 0 Å². The van der Waals surface area contributed by atoms with E-state index in [-0.39, 0.29) is 17.4 Å². The summed E-state index contributed by atoms with van der Waals surface area (Å²) >= 11 is 5.53. The van der Waals surface area contributed by atoms with Crippen LogP contribution in [0.4, 0.5) is 9.18 Å². The van der Waals surface area contributed by atoms with E-state index in [1.165, 1.54) is 12.3 Å². The summed E-state index contributed by atoms with van der Waals surface area (Å²) in [5, 5.41) is -0.174. The number of rotatable bonds is 2. The van der Waals surface area contributed by atoms with Gasteiger partial charge in [0.1, 0.15) is 17.5 Å². The molecule has 1 aliphatic heterocycles. The van der Waals surface area contributed by atoms with E-state index < -0.39 is 11.4 Å². The summed E-state index contributed by atoms with van der Waals surface area (Å²) in [6.07, 6.45) is 2.31. The fourth-order valence-corrected chi connectivity index (χ4v) is 2.25. The highest BCUT2D eigenvalue weighted by Gasteiger charge is 2.27. The highest BCUT2D eigenvalue weighted by Crippen LogP contribution is 2.22. The number of aromatic nitrogens is 1. The van der Waals surface area contributed by atoms with Gasteiger partial charge in [0.25, 0.3) is 0 Å². The lowest BCUT2D eigenvalue weighted by Gasteiger charge is -2.33. The highest BCUT2D eigenvalue weighted by atomic mass is 35.5. The number of carbonyl (C=O) groups is 1. The van der Waals surface area contributed by atoms with Crippen LogP contribution in [0.2, 0.25) is 5.15 Å². The third kappa shape index (κ3) is 4.73. The minimum absolute atomic E-state index is 0.0823. The fourth-order valence-electron chi connectivity index (χ4n) is 2.14. The van der Waals surface area contributed by atoms with Crippen molar-refractivity contribution < 1.29 is 18.7 Å². The van der Waals surface area contributed by atoms with Gasteiger partial charge in [-0.25, -0.2) is 14.2 Å². The second-order valence-corrected chi connectivity index (χ2v) is 6.59. The topological polar surface area (TPSA) is 51.7 Å². The molecule has 0 unspecified atom stereocenters. The van der Waals surface area contributed by atoms with Gasteiger partial charge in [0, 0.05) is 32.0 Å². The molecule has 22 heavy (non-hydrogen) atoms. The Morgan fingerprint density at radius 1 is 1.41 bits per heavy atom. The highest BCUT2D eigenvalue weighted by molar-refractivity contribution is 6.29. The third-order valence-electron chi connectivity index (χ3n) is 3.17. The zero-order chi connectivity index (χ0) is 16.3. The number of hydrogen-bond donors (Lipinski definition) is 0. The number of ether oxygens (including phenoxy) is 2. The zero-order valence-electron chi connectivity index (χ0n) is 12.9. The van der Waals surface area contributed by atoms with Crippen molar-refractivity contribution in [1.29, 1.82) is 0 Å². The predicted octanol–water partition coefficient (Wildman–Crippen LogP) is 3.65. The van der Waals surface area contributed by atoms with Crippen LogP contribution < -0.4 is 4.74 Å². The quantitative estimate of drug-likeness (QED) is 0.777. The Labute approximate surface area is 134 Å². The molecule has 122 valence electrons. The average molecular weight is 331 g/mol. The van der Waals surface area contributed by atoms with Crippen LogP contribution in [0.25, 0.3) is 0 Å². The van der Waals surface area contributed by atoms with E-state index in [9.17, 15) is 9.18 Å². The van der Waals surface area contributed by atoms with Crippen molar-refractivity contribution in [1.82, 2.24) is 9.88 Å². The Balaban J connectivity index is 1.84.